The zero-order chi connectivity index (χ0) is 95.6. The van der Waals surface area contributed by atoms with Crippen LogP contribution in [0.1, 0.15) is 0 Å². The Bertz CT molecular complexity index is 8610. The lowest BCUT2D eigenvalue weighted by Crippen LogP contribution is -1.99. The standard InChI is InChI=1S/C78H52.C66H44/c1-5-17-53(18-6-1)57-29-33-61(34-30-57)63-41-49-67(50-42-63)75-71-27-15-16-28-72(71)76(68-51-43-64(44-52-68)62-35-31-58(32-36-62)54-19-7-2-8-20-54)78-74(66-47-39-60(40-48-66)56-23-11-4-12-24-56)70-26-14-13-25-69(70)73(77(75)78)65-45-37-59(38-46-65)55-21-9-3-10-22-55;1-7-21-45(22-8-1)47-35-39-53(40-36-47)61-55-33-19-20-34-56(55)62(54-41-37-48(38-42-54)46-23-9-2-10-24-46)66-64(52-31-17-6-18-32-52)60-44-58(50-27-13-4-14-28-50)57(49-25-11-3-12-26-49)43-59(60)63(65(61)66)51-29-15-5-16-30-51/h1-52H;1-44H. The third-order valence-corrected chi connectivity index (χ3v) is 29.0. The van der Waals surface area contributed by atoms with Gasteiger partial charge in [-0.05, 0) is 277 Å². The van der Waals surface area contributed by atoms with Crippen molar-refractivity contribution in [3.63, 3.8) is 0 Å². The zero-order valence-electron chi connectivity index (χ0n) is 79.4. The summed E-state index contributed by atoms with van der Waals surface area (Å²) in [6, 6.07) is 214. The average molecular weight is 1830 g/mol. The number of hydrogen-bond donors (Lipinski definition) is 0. The topological polar surface area (TPSA) is 0 Å². The van der Waals surface area contributed by atoms with Crippen molar-refractivity contribution in [2.75, 3.05) is 0 Å². The second kappa shape index (κ2) is 38.6. The van der Waals surface area contributed by atoms with Crippen LogP contribution in [0, 0.1) is 0 Å². The Balaban J connectivity index is 0.000000153. The molecule has 0 aliphatic carbocycles. The first-order chi connectivity index (χ1) is 71.5. The highest BCUT2D eigenvalue weighted by Crippen LogP contribution is 2.58. The maximum atomic E-state index is 2.49. The second-order valence-corrected chi connectivity index (χ2v) is 37.4. The first-order valence-corrected chi connectivity index (χ1v) is 49.8. The van der Waals surface area contributed by atoms with Gasteiger partial charge in [0.2, 0.25) is 0 Å². The van der Waals surface area contributed by atoms with Crippen molar-refractivity contribution in [3.05, 3.63) is 582 Å². The molecule has 0 N–H and O–H groups in total. The molecule has 0 unspecified atom stereocenters. The minimum Gasteiger partial charge on any atom is -0.0622 e. The monoisotopic (exact) mass is 1820 g/mol. The number of hydrogen-bond acceptors (Lipinski definition) is 0. The molecule has 0 heterocycles. The molecule has 0 saturated carbocycles. The summed E-state index contributed by atoms with van der Waals surface area (Å²) in [5, 5.41) is 14.7. The van der Waals surface area contributed by atoms with Gasteiger partial charge in [0, 0.05) is 0 Å². The minimum absolute atomic E-state index is 1.17. The summed E-state index contributed by atoms with van der Waals surface area (Å²) < 4.78 is 0. The van der Waals surface area contributed by atoms with Crippen molar-refractivity contribution < 1.29 is 0 Å². The van der Waals surface area contributed by atoms with Gasteiger partial charge in [0.25, 0.3) is 0 Å². The molecular weight excluding hydrogens is 1730 g/mol. The molecule has 144 heavy (non-hydrogen) atoms. The molecule has 0 radical (unpaired) electrons. The molecule has 0 aliphatic rings. The van der Waals surface area contributed by atoms with E-state index < -0.39 is 0 Å². The first kappa shape index (κ1) is 86.8. The maximum absolute atomic E-state index is 2.49. The van der Waals surface area contributed by atoms with E-state index in [4.69, 9.17) is 0 Å². The van der Waals surface area contributed by atoms with Crippen LogP contribution in [0.15, 0.2) is 582 Å². The first-order valence-electron chi connectivity index (χ1n) is 49.8. The van der Waals surface area contributed by atoms with Crippen molar-refractivity contribution in [1.29, 1.82) is 0 Å². The van der Waals surface area contributed by atoms with Crippen molar-refractivity contribution >= 4 is 64.6 Å². The fourth-order valence-corrected chi connectivity index (χ4v) is 22.1. The molecule has 26 aromatic rings. The van der Waals surface area contributed by atoms with Crippen LogP contribution >= 0.6 is 0 Å². The molecule has 0 atom stereocenters. The van der Waals surface area contributed by atoms with Crippen molar-refractivity contribution in [1.82, 2.24) is 0 Å². The van der Waals surface area contributed by atoms with Gasteiger partial charge in [-0.15, -0.1) is 0 Å². The highest BCUT2D eigenvalue weighted by Gasteiger charge is 2.31. The zero-order valence-corrected chi connectivity index (χ0v) is 79.4. The molecule has 0 aromatic heterocycles. The van der Waals surface area contributed by atoms with Gasteiger partial charge in [-0.3, -0.25) is 0 Å². The van der Waals surface area contributed by atoms with Gasteiger partial charge in [0.1, 0.15) is 0 Å². The Morgan fingerprint density at radius 2 is 0.167 bits per heavy atom. The maximum Gasteiger partial charge on any atom is -0.000139 e. The quantitative estimate of drug-likeness (QED) is 0.0751. The van der Waals surface area contributed by atoms with E-state index in [-0.39, 0.29) is 0 Å². The summed E-state index contributed by atoms with van der Waals surface area (Å²) >= 11 is 0. The molecule has 0 nitrogen and oxygen atoms in total. The van der Waals surface area contributed by atoms with E-state index in [9.17, 15) is 0 Å². The Labute approximate surface area is 841 Å². The van der Waals surface area contributed by atoms with E-state index in [1.54, 1.807) is 0 Å². The van der Waals surface area contributed by atoms with Crippen LogP contribution in [-0.2, 0) is 0 Å². The summed E-state index contributed by atoms with van der Waals surface area (Å²) in [5.74, 6) is 0. The largest absolute Gasteiger partial charge is 0.0622 e. The summed E-state index contributed by atoms with van der Waals surface area (Å²) in [6.45, 7) is 0. The molecule has 672 valence electrons. The van der Waals surface area contributed by atoms with E-state index in [0.717, 1.165) is 0 Å². The molecule has 0 spiro atoms. The smallest absolute Gasteiger partial charge is 0.000139 e. The van der Waals surface area contributed by atoms with Gasteiger partial charge in [0.15, 0.2) is 0 Å². The van der Waals surface area contributed by atoms with Crippen LogP contribution in [0.25, 0.3) is 265 Å². The summed E-state index contributed by atoms with van der Waals surface area (Å²) in [4.78, 5) is 0. The lowest BCUT2D eigenvalue weighted by Gasteiger charge is -2.26. The highest BCUT2D eigenvalue weighted by molar-refractivity contribution is 6.36. The molecular formula is C144H96. The van der Waals surface area contributed by atoms with E-state index in [0.29, 0.717) is 0 Å². The predicted octanol–water partition coefficient (Wildman–Crippen LogP) is 40.3. The third-order valence-electron chi connectivity index (χ3n) is 29.0. The number of benzene rings is 26. The Kier molecular flexibility index (Phi) is 23.3. The van der Waals surface area contributed by atoms with Crippen molar-refractivity contribution in [2.45, 2.75) is 0 Å². The normalized spacial score (nSPS) is 11.3. The molecule has 26 rings (SSSR count). The Morgan fingerprint density at radius 3 is 0.312 bits per heavy atom. The van der Waals surface area contributed by atoms with Crippen molar-refractivity contribution in [2.24, 2.45) is 0 Å². The predicted molar refractivity (Wildman–Crippen MR) is 616 cm³/mol. The van der Waals surface area contributed by atoms with Crippen LogP contribution in [-0.4, -0.2) is 0 Å². The Hall–Kier alpha value is -18.7. The van der Waals surface area contributed by atoms with Gasteiger partial charge < -0.3 is 0 Å². The average Bonchev–Trinajstić information content (AvgIpc) is 0.695. The molecule has 0 bridgehead atoms. The Morgan fingerprint density at radius 1 is 0.0694 bits per heavy atom. The molecule has 26 aromatic carbocycles. The molecule has 0 saturated heterocycles. The number of fused-ring (bicyclic) bond motifs is 6. The van der Waals surface area contributed by atoms with Gasteiger partial charge in [-0.25, -0.2) is 0 Å². The molecule has 0 fully saturated rings. The fourth-order valence-electron chi connectivity index (χ4n) is 22.1. The van der Waals surface area contributed by atoms with E-state index in [1.807, 2.05) is 0 Å². The van der Waals surface area contributed by atoms with Crippen LogP contribution in [0.3, 0.4) is 0 Å². The van der Waals surface area contributed by atoms with Crippen LogP contribution < -0.4 is 0 Å². The van der Waals surface area contributed by atoms with E-state index in [2.05, 4.69) is 582 Å². The summed E-state index contributed by atoms with van der Waals surface area (Å²) in [5.41, 5.74) is 43.2. The van der Waals surface area contributed by atoms with Crippen molar-refractivity contribution in [3.8, 4) is 200 Å². The fraction of sp³-hybridized carbons (Fsp3) is 0. The highest BCUT2D eigenvalue weighted by atomic mass is 14.3. The van der Waals surface area contributed by atoms with Gasteiger partial charge in [-0.2, -0.15) is 0 Å². The van der Waals surface area contributed by atoms with Gasteiger partial charge >= 0.3 is 0 Å². The SMILES string of the molecule is c1ccc(-c2ccc(-c3c4ccccc4c(-c4ccc(-c5ccccc5)cc4)c4c(-c5ccccc5)c5cc(-c6ccccc6)c(-c6ccccc6)cc5c(-c5ccccc5)c34)cc2)cc1.c1ccc(-c2ccc(-c3ccc(-c4c5ccccc5c(-c5ccc(-c6ccc(-c7ccccc7)cc6)cc5)c5c(-c6ccc(-c7ccccc7)cc6)c6ccccc6c(-c6ccc(-c7ccccc7)cc6)c45)cc3)cc2)cc1. The lowest BCUT2D eigenvalue weighted by atomic mass is 9.76. The van der Waals surface area contributed by atoms with E-state index >= 15 is 0 Å². The molecule has 0 heteroatoms. The van der Waals surface area contributed by atoms with Crippen LogP contribution in [0.5, 0.6) is 0 Å². The van der Waals surface area contributed by atoms with Crippen LogP contribution in [0.2, 0.25) is 0 Å². The van der Waals surface area contributed by atoms with E-state index in [1.165, 1.54) is 265 Å². The lowest BCUT2D eigenvalue weighted by molar-refractivity contribution is 1.58. The minimum atomic E-state index is 1.17. The van der Waals surface area contributed by atoms with Gasteiger partial charge in [0.05, 0.1) is 0 Å². The second-order valence-electron chi connectivity index (χ2n) is 37.4. The van der Waals surface area contributed by atoms with Gasteiger partial charge in [-0.1, -0.05) is 570 Å². The summed E-state index contributed by atoms with van der Waals surface area (Å²) in [6.07, 6.45) is 0. The number of rotatable bonds is 18. The van der Waals surface area contributed by atoms with Crippen LogP contribution in [0.4, 0.5) is 0 Å². The molecule has 0 amide bonds. The molecule has 0 aliphatic heterocycles. The third kappa shape index (κ3) is 16.5. The summed E-state index contributed by atoms with van der Waals surface area (Å²) in [7, 11) is 0.